The van der Waals surface area contributed by atoms with E-state index in [4.69, 9.17) is 14.8 Å². The van der Waals surface area contributed by atoms with Crippen molar-refractivity contribution in [2.24, 2.45) is 0 Å². The van der Waals surface area contributed by atoms with E-state index in [0.29, 0.717) is 6.04 Å². The van der Waals surface area contributed by atoms with Crippen molar-refractivity contribution in [1.82, 2.24) is 19.9 Å². The van der Waals surface area contributed by atoms with Gasteiger partial charge in [0.15, 0.2) is 5.82 Å². The normalized spacial score (nSPS) is 14.0. The second kappa shape index (κ2) is 7.79. The first-order valence-electron chi connectivity index (χ1n) is 10.1. The number of rotatable bonds is 7. The molecule has 1 aromatic carbocycles. The van der Waals surface area contributed by atoms with Crippen molar-refractivity contribution in [3.63, 3.8) is 0 Å². The fraction of sp³-hybridized carbons (Fsp3) is 0.476. The Morgan fingerprint density at radius 2 is 2.00 bits per heavy atom. The van der Waals surface area contributed by atoms with Gasteiger partial charge in [0.1, 0.15) is 11.4 Å². The van der Waals surface area contributed by atoms with E-state index < -0.39 is 0 Å². The molecule has 2 aromatic heterocycles. The van der Waals surface area contributed by atoms with Gasteiger partial charge in [-0.2, -0.15) is 4.52 Å². The zero-order chi connectivity index (χ0) is 21.5. The molecule has 1 amide bonds. The topological polar surface area (TPSA) is 83.8 Å². The zero-order valence-corrected chi connectivity index (χ0v) is 18.8. The van der Waals surface area contributed by atoms with Gasteiger partial charge in [-0.1, -0.05) is 11.3 Å². The number of nitrogens with zero attached hydrogens (tertiary/aromatic N) is 4. The lowest BCUT2D eigenvalue weighted by atomic mass is 10.1. The SMILES string of the molecule is COc1ccc(-c2nc3sc(N(C)CC(=O)NC4CC4)nn3c2NC(C)(C)C)cc1. The van der Waals surface area contributed by atoms with E-state index in [1.165, 1.54) is 11.3 Å². The minimum Gasteiger partial charge on any atom is -0.497 e. The van der Waals surface area contributed by atoms with Crippen molar-refractivity contribution >= 4 is 33.2 Å². The number of carbonyl (C=O) groups excluding carboxylic acids is 1. The molecule has 2 N–H and O–H groups in total. The molecule has 0 atom stereocenters. The summed E-state index contributed by atoms with van der Waals surface area (Å²) >= 11 is 1.47. The Labute approximate surface area is 180 Å². The predicted molar refractivity (Wildman–Crippen MR) is 121 cm³/mol. The van der Waals surface area contributed by atoms with Crippen LogP contribution in [0.25, 0.3) is 16.2 Å². The van der Waals surface area contributed by atoms with Crippen molar-refractivity contribution in [1.29, 1.82) is 0 Å². The quantitative estimate of drug-likeness (QED) is 0.600. The van der Waals surface area contributed by atoms with Gasteiger partial charge in [0, 0.05) is 24.2 Å². The molecule has 30 heavy (non-hydrogen) atoms. The second-order valence-electron chi connectivity index (χ2n) is 8.69. The summed E-state index contributed by atoms with van der Waals surface area (Å²) < 4.78 is 7.11. The molecule has 1 saturated carbocycles. The molecule has 0 saturated heterocycles. The number of hydrogen-bond donors (Lipinski definition) is 2. The number of nitrogens with one attached hydrogen (secondary N) is 2. The molecule has 1 aliphatic carbocycles. The van der Waals surface area contributed by atoms with Crippen LogP contribution in [-0.2, 0) is 4.79 Å². The van der Waals surface area contributed by atoms with E-state index in [1.807, 2.05) is 40.7 Å². The highest BCUT2D eigenvalue weighted by molar-refractivity contribution is 7.20. The molecule has 3 aromatic rings. The molecule has 0 spiro atoms. The highest BCUT2D eigenvalue weighted by Gasteiger charge is 2.25. The van der Waals surface area contributed by atoms with Crippen molar-refractivity contribution < 1.29 is 9.53 Å². The van der Waals surface area contributed by atoms with Crippen molar-refractivity contribution in [2.75, 3.05) is 30.9 Å². The molecular formula is C21H28N6O2S. The zero-order valence-electron chi connectivity index (χ0n) is 18.0. The van der Waals surface area contributed by atoms with Gasteiger partial charge in [-0.3, -0.25) is 4.79 Å². The number of aromatic nitrogens is 3. The molecule has 8 nitrogen and oxygen atoms in total. The Kier molecular flexibility index (Phi) is 5.31. The number of methoxy groups -OCH3 is 1. The van der Waals surface area contributed by atoms with Crippen molar-refractivity contribution in [3.8, 4) is 17.0 Å². The molecule has 4 rings (SSSR count). The molecule has 9 heteroatoms. The smallest absolute Gasteiger partial charge is 0.239 e. The third-order valence-electron chi connectivity index (χ3n) is 4.70. The molecule has 1 aliphatic rings. The van der Waals surface area contributed by atoms with Gasteiger partial charge in [-0.25, -0.2) is 4.98 Å². The molecule has 0 unspecified atom stereocenters. The lowest BCUT2D eigenvalue weighted by Crippen LogP contribution is -2.36. The van der Waals surface area contributed by atoms with Crippen LogP contribution in [0.3, 0.4) is 0 Å². The summed E-state index contributed by atoms with van der Waals surface area (Å²) in [7, 11) is 3.53. The fourth-order valence-electron chi connectivity index (χ4n) is 3.09. The molecule has 0 aliphatic heterocycles. The Hall–Kier alpha value is -2.81. The fourth-order valence-corrected chi connectivity index (χ4v) is 3.96. The maximum atomic E-state index is 12.2. The van der Waals surface area contributed by atoms with Crippen LogP contribution in [0.2, 0.25) is 0 Å². The molecule has 160 valence electrons. The lowest BCUT2D eigenvalue weighted by Gasteiger charge is -2.22. The maximum Gasteiger partial charge on any atom is 0.239 e. The number of benzene rings is 1. The number of imidazole rings is 1. The minimum atomic E-state index is -0.170. The monoisotopic (exact) mass is 428 g/mol. The highest BCUT2D eigenvalue weighted by atomic mass is 32.1. The predicted octanol–water partition coefficient (Wildman–Crippen LogP) is 3.39. The third-order valence-corrected chi connectivity index (χ3v) is 5.72. The molecule has 2 heterocycles. The van der Waals surface area contributed by atoms with E-state index in [0.717, 1.165) is 45.8 Å². The van der Waals surface area contributed by atoms with E-state index in [-0.39, 0.29) is 18.0 Å². The number of ether oxygens (including phenoxy) is 1. The van der Waals surface area contributed by atoms with Crippen LogP contribution in [0.1, 0.15) is 33.6 Å². The van der Waals surface area contributed by atoms with Gasteiger partial charge in [0.05, 0.1) is 13.7 Å². The Balaban J connectivity index is 1.66. The van der Waals surface area contributed by atoms with Gasteiger partial charge in [0.2, 0.25) is 16.0 Å². The van der Waals surface area contributed by atoms with E-state index >= 15 is 0 Å². The van der Waals surface area contributed by atoms with Gasteiger partial charge < -0.3 is 20.3 Å². The van der Waals surface area contributed by atoms with E-state index in [2.05, 4.69) is 31.4 Å². The first-order valence-corrected chi connectivity index (χ1v) is 10.9. The second-order valence-corrected chi connectivity index (χ2v) is 9.62. The Morgan fingerprint density at radius 1 is 1.30 bits per heavy atom. The summed E-state index contributed by atoms with van der Waals surface area (Å²) in [6, 6.07) is 8.20. The summed E-state index contributed by atoms with van der Waals surface area (Å²) in [6.07, 6.45) is 2.16. The molecule has 0 bridgehead atoms. The third kappa shape index (κ3) is 4.51. The van der Waals surface area contributed by atoms with E-state index in [1.54, 1.807) is 7.11 Å². The summed E-state index contributed by atoms with van der Waals surface area (Å²) in [4.78, 5) is 19.6. The number of amides is 1. The number of fused-ring (bicyclic) bond motifs is 1. The van der Waals surface area contributed by atoms with E-state index in [9.17, 15) is 4.79 Å². The summed E-state index contributed by atoms with van der Waals surface area (Å²) in [5.41, 5.74) is 1.66. The first kappa shape index (κ1) is 20.5. The Bertz CT molecular complexity index is 1050. The number of carbonyl (C=O) groups is 1. The average Bonchev–Trinajstić information content (AvgIpc) is 3.29. The number of hydrogen-bond acceptors (Lipinski definition) is 7. The van der Waals surface area contributed by atoms with Gasteiger partial charge in [-0.05, 0) is 57.9 Å². The Morgan fingerprint density at radius 3 is 2.60 bits per heavy atom. The van der Waals surface area contributed by atoms with Crippen LogP contribution in [0.5, 0.6) is 5.75 Å². The molecule has 1 fully saturated rings. The maximum absolute atomic E-state index is 12.2. The summed E-state index contributed by atoms with van der Waals surface area (Å²) in [5.74, 6) is 1.66. The van der Waals surface area contributed by atoms with Crippen LogP contribution >= 0.6 is 11.3 Å². The van der Waals surface area contributed by atoms with Crippen LogP contribution in [0.4, 0.5) is 10.9 Å². The standard InChI is InChI=1S/C21H28N6O2S/c1-21(2,3)24-18-17(13-6-10-15(29-5)11-7-13)23-19-27(18)25-20(30-19)26(4)12-16(28)22-14-8-9-14/h6-7,10-11,14,24H,8-9,12H2,1-5H3,(H,22,28). The van der Waals surface area contributed by atoms with Crippen LogP contribution in [0, 0.1) is 0 Å². The molecular weight excluding hydrogens is 400 g/mol. The first-order chi connectivity index (χ1) is 14.2. The van der Waals surface area contributed by atoms with Crippen LogP contribution in [0.15, 0.2) is 24.3 Å². The number of anilines is 2. The van der Waals surface area contributed by atoms with Crippen molar-refractivity contribution in [3.05, 3.63) is 24.3 Å². The molecule has 0 radical (unpaired) electrons. The van der Waals surface area contributed by atoms with Gasteiger partial charge >= 0.3 is 0 Å². The van der Waals surface area contributed by atoms with Crippen LogP contribution in [-0.4, -0.2) is 52.8 Å². The highest BCUT2D eigenvalue weighted by Crippen LogP contribution is 2.35. The lowest BCUT2D eigenvalue weighted by molar-refractivity contribution is -0.119. The number of likely N-dealkylation sites (N-methyl/N-ethyl adjacent to an activating group) is 1. The largest absolute Gasteiger partial charge is 0.497 e. The van der Waals surface area contributed by atoms with Crippen LogP contribution < -0.4 is 20.3 Å². The average molecular weight is 429 g/mol. The summed E-state index contributed by atoms with van der Waals surface area (Å²) in [6.45, 7) is 6.59. The summed E-state index contributed by atoms with van der Waals surface area (Å²) in [5, 5.41) is 12.1. The van der Waals surface area contributed by atoms with Gasteiger partial charge in [-0.15, -0.1) is 5.10 Å². The van der Waals surface area contributed by atoms with Gasteiger partial charge in [0.25, 0.3) is 0 Å². The minimum absolute atomic E-state index is 0.0276. The van der Waals surface area contributed by atoms with Crippen molar-refractivity contribution in [2.45, 2.75) is 45.2 Å².